The second-order valence-electron chi connectivity index (χ2n) is 2.73. The van der Waals surface area contributed by atoms with E-state index in [9.17, 15) is 0 Å². The zero-order valence-corrected chi connectivity index (χ0v) is 6.82. The van der Waals surface area contributed by atoms with Crippen LogP contribution in [0.1, 0.15) is 5.56 Å². The van der Waals surface area contributed by atoms with Gasteiger partial charge < -0.3 is 9.47 Å². The van der Waals surface area contributed by atoms with E-state index in [2.05, 4.69) is 12.1 Å². The molecule has 2 nitrogen and oxygen atoms in total. The van der Waals surface area contributed by atoms with Crippen LogP contribution in [0.15, 0.2) is 30.3 Å². The lowest BCUT2D eigenvalue weighted by Crippen LogP contribution is -2.00. The van der Waals surface area contributed by atoms with Crippen molar-refractivity contribution >= 4 is 0 Å². The van der Waals surface area contributed by atoms with E-state index in [0.29, 0.717) is 13.2 Å². The second-order valence-corrected chi connectivity index (χ2v) is 2.73. The fraction of sp³-hybridized carbons (Fsp3) is 0.300. The third-order valence-electron chi connectivity index (χ3n) is 1.80. The molecule has 0 saturated carbocycles. The predicted molar refractivity (Wildman–Crippen MR) is 45.3 cm³/mol. The van der Waals surface area contributed by atoms with Gasteiger partial charge in [-0.25, -0.2) is 0 Å². The summed E-state index contributed by atoms with van der Waals surface area (Å²) in [6.45, 7) is 1.39. The minimum atomic E-state index is 0.697. The molecule has 0 N–H and O–H groups in total. The number of hydrogen-bond acceptors (Lipinski definition) is 2. The monoisotopic (exact) mass is 163 g/mol. The van der Waals surface area contributed by atoms with E-state index in [-0.39, 0.29) is 0 Å². The standard InChI is InChI=1S/C10H11O2/c1-2-4-9(5-3-1)8-10-11-6-7-12-10/h1-5H,6-8H2. The summed E-state index contributed by atoms with van der Waals surface area (Å²) in [4.78, 5) is 0. The van der Waals surface area contributed by atoms with Crippen LogP contribution < -0.4 is 0 Å². The van der Waals surface area contributed by atoms with Gasteiger partial charge in [0.2, 0.25) is 6.29 Å². The molecule has 12 heavy (non-hydrogen) atoms. The van der Waals surface area contributed by atoms with E-state index in [4.69, 9.17) is 9.47 Å². The normalized spacial score (nSPS) is 18.3. The number of rotatable bonds is 2. The van der Waals surface area contributed by atoms with Gasteiger partial charge in [-0.1, -0.05) is 30.3 Å². The third-order valence-corrected chi connectivity index (χ3v) is 1.80. The number of hydrogen-bond donors (Lipinski definition) is 0. The Labute approximate surface area is 72.1 Å². The molecule has 0 atom stereocenters. The number of ether oxygens (including phenoxy) is 2. The summed E-state index contributed by atoms with van der Waals surface area (Å²) in [5.41, 5.74) is 1.23. The molecule has 0 unspecified atom stereocenters. The molecule has 1 aromatic carbocycles. The van der Waals surface area contributed by atoms with E-state index in [0.717, 1.165) is 12.7 Å². The summed E-state index contributed by atoms with van der Waals surface area (Å²) < 4.78 is 10.5. The Kier molecular flexibility index (Phi) is 2.39. The Morgan fingerprint density at radius 3 is 2.33 bits per heavy atom. The van der Waals surface area contributed by atoms with Gasteiger partial charge in [0, 0.05) is 6.42 Å². The lowest BCUT2D eigenvalue weighted by atomic mass is 10.1. The van der Waals surface area contributed by atoms with Gasteiger partial charge >= 0.3 is 0 Å². The van der Waals surface area contributed by atoms with Crippen LogP contribution >= 0.6 is 0 Å². The van der Waals surface area contributed by atoms with Crippen LogP contribution in [0.3, 0.4) is 0 Å². The van der Waals surface area contributed by atoms with Crippen LogP contribution in [0.5, 0.6) is 0 Å². The number of benzene rings is 1. The van der Waals surface area contributed by atoms with Crippen molar-refractivity contribution in [3.63, 3.8) is 0 Å². The van der Waals surface area contributed by atoms with E-state index in [1.54, 1.807) is 0 Å². The first-order valence-corrected chi connectivity index (χ1v) is 4.10. The molecule has 1 radical (unpaired) electrons. The van der Waals surface area contributed by atoms with Crippen LogP contribution in [-0.2, 0) is 15.9 Å². The molecule has 0 aromatic heterocycles. The van der Waals surface area contributed by atoms with Gasteiger partial charge in [0.15, 0.2) is 0 Å². The average Bonchev–Trinajstić information content (AvgIpc) is 2.59. The molecule has 1 saturated heterocycles. The van der Waals surface area contributed by atoms with Gasteiger partial charge in [-0.3, -0.25) is 0 Å². The van der Waals surface area contributed by atoms with Crippen LogP contribution in [-0.4, -0.2) is 13.2 Å². The highest BCUT2D eigenvalue weighted by molar-refractivity contribution is 5.16. The largest absolute Gasteiger partial charge is 0.343 e. The molecule has 2 heteroatoms. The lowest BCUT2D eigenvalue weighted by molar-refractivity contribution is 0.0716. The summed E-state index contributed by atoms with van der Waals surface area (Å²) in [6.07, 6.45) is 1.53. The molecule has 2 rings (SSSR count). The van der Waals surface area contributed by atoms with Crippen LogP contribution in [0, 0.1) is 6.29 Å². The minimum Gasteiger partial charge on any atom is -0.343 e. The lowest BCUT2D eigenvalue weighted by Gasteiger charge is -2.05. The zero-order valence-electron chi connectivity index (χ0n) is 6.82. The maximum atomic E-state index is 5.25. The fourth-order valence-corrected chi connectivity index (χ4v) is 1.22. The van der Waals surface area contributed by atoms with Gasteiger partial charge in [-0.2, -0.15) is 0 Å². The molecular weight excluding hydrogens is 152 g/mol. The van der Waals surface area contributed by atoms with Crippen molar-refractivity contribution in [3.05, 3.63) is 42.2 Å². The van der Waals surface area contributed by atoms with Crippen LogP contribution in [0.2, 0.25) is 0 Å². The van der Waals surface area contributed by atoms with Crippen molar-refractivity contribution in [1.29, 1.82) is 0 Å². The zero-order chi connectivity index (χ0) is 8.23. The molecule has 0 bridgehead atoms. The average molecular weight is 163 g/mol. The van der Waals surface area contributed by atoms with Crippen LogP contribution in [0.25, 0.3) is 0 Å². The van der Waals surface area contributed by atoms with Crippen LogP contribution in [0.4, 0.5) is 0 Å². The molecule has 1 aliphatic rings. The smallest absolute Gasteiger partial charge is 0.228 e. The summed E-state index contributed by atoms with van der Waals surface area (Å²) in [6, 6.07) is 10.2. The molecule has 0 amide bonds. The summed E-state index contributed by atoms with van der Waals surface area (Å²) in [5.74, 6) is 0. The molecular formula is C10H11O2. The second kappa shape index (κ2) is 3.70. The van der Waals surface area contributed by atoms with Crippen molar-refractivity contribution in [2.45, 2.75) is 6.42 Å². The van der Waals surface area contributed by atoms with Gasteiger partial charge in [-0.05, 0) is 5.56 Å². The van der Waals surface area contributed by atoms with Crippen molar-refractivity contribution in [2.75, 3.05) is 13.2 Å². The van der Waals surface area contributed by atoms with E-state index >= 15 is 0 Å². The quantitative estimate of drug-likeness (QED) is 0.661. The first-order valence-electron chi connectivity index (χ1n) is 4.10. The van der Waals surface area contributed by atoms with E-state index < -0.39 is 0 Å². The van der Waals surface area contributed by atoms with Crippen molar-refractivity contribution < 1.29 is 9.47 Å². The van der Waals surface area contributed by atoms with E-state index in [1.165, 1.54) is 5.56 Å². The SMILES string of the molecule is c1ccc(C[C]2OCCO2)cc1. The first kappa shape index (κ1) is 7.77. The Morgan fingerprint density at radius 1 is 1.00 bits per heavy atom. The molecule has 0 spiro atoms. The summed E-state index contributed by atoms with van der Waals surface area (Å²) >= 11 is 0. The van der Waals surface area contributed by atoms with Gasteiger partial charge in [0.25, 0.3) is 0 Å². The van der Waals surface area contributed by atoms with E-state index in [1.807, 2.05) is 18.2 Å². The highest BCUT2D eigenvalue weighted by atomic mass is 16.7. The van der Waals surface area contributed by atoms with Gasteiger partial charge in [0.05, 0.1) is 13.2 Å². The maximum Gasteiger partial charge on any atom is 0.228 e. The Hall–Kier alpha value is -0.860. The fourth-order valence-electron chi connectivity index (χ4n) is 1.22. The molecule has 1 aliphatic heterocycles. The minimum absolute atomic E-state index is 0.697. The Bertz CT molecular complexity index is 227. The molecule has 1 heterocycles. The van der Waals surface area contributed by atoms with Gasteiger partial charge in [-0.15, -0.1) is 0 Å². The highest BCUT2D eigenvalue weighted by Gasteiger charge is 2.17. The first-order chi connectivity index (χ1) is 5.95. The van der Waals surface area contributed by atoms with Crippen molar-refractivity contribution in [2.24, 2.45) is 0 Å². The van der Waals surface area contributed by atoms with Crippen molar-refractivity contribution in [1.82, 2.24) is 0 Å². The third kappa shape index (κ3) is 1.84. The summed E-state index contributed by atoms with van der Waals surface area (Å²) in [7, 11) is 0. The summed E-state index contributed by atoms with van der Waals surface area (Å²) in [5, 5.41) is 0. The molecule has 0 aliphatic carbocycles. The molecule has 63 valence electrons. The predicted octanol–water partition coefficient (Wildman–Crippen LogP) is 1.77. The Balaban J connectivity index is 1.94. The maximum absolute atomic E-state index is 5.25. The van der Waals surface area contributed by atoms with Gasteiger partial charge in [0.1, 0.15) is 0 Å². The molecule has 1 aromatic rings. The Morgan fingerprint density at radius 2 is 1.67 bits per heavy atom. The topological polar surface area (TPSA) is 18.5 Å². The van der Waals surface area contributed by atoms with Crippen molar-refractivity contribution in [3.8, 4) is 0 Å². The highest BCUT2D eigenvalue weighted by Crippen LogP contribution is 2.17. The molecule has 1 fully saturated rings.